The van der Waals surface area contributed by atoms with Crippen LogP contribution >= 0.6 is 0 Å². The molecule has 0 saturated carbocycles. The summed E-state index contributed by atoms with van der Waals surface area (Å²) in [5.41, 5.74) is 0.857. The molecule has 1 aliphatic heterocycles. The lowest BCUT2D eigenvalue weighted by Gasteiger charge is -2.25. The molecule has 3 rings (SSSR count). The first-order valence-corrected chi connectivity index (χ1v) is 7.67. The van der Waals surface area contributed by atoms with Gasteiger partial charge in [-0.05, 0) is 42.7 Å². The summed E-state index contributed by atoms with van der Waals surface area (Å²) in [7, 11) is 0. The number of amides is 1. The number of rotatable bonds is 4. The van der Waals surface area contributed by atoms with Crippen molar-refractivity contribution in [2.75, 3.05) is 13.2 Å². The molecule has 1 amide bonds. The fourth-order valence-corrected chi connectivity index (χ4v) is 2.91. The van der Waals surface area contributed by atoms with Gasteiger partial charge in [-0.25, -0.2) is 13.2 Å². The first-order valence-electron chi connectivity index (χ1n) is 7.67. The van der Waals surface area contributed by atoms with Crippen LogP contribution in [0.1, 0.15) is 24.4 Å². The highest BCUT2D eigenvalue weighted by Gasteiger charge is 2.30. The molecule has 0 aliphatic carbocycles. The van der Waals surface area contributed by atoms with Crippen molar-refractivity contribution in [2.24, 2.45) is 0 Å². The second-order valence-corrected chi connectivity index (χ2v) is 5.66. The average molecular weight is 335 g/mol. The molecule has 1 heterocycles. The maximum Gasteiger partial charge on any atom is 0.261 e. The number of ether oxygens (including phenoxy) is 1. The Morgan fingerprint density at radius 3 is 2.50 bits per heavy atom. The lowest BCUT2D eigenvalue weighted by atomic mass is 10.0. The standard InChI is InChI=1S/C18H16F3NO2/c19-13-5-3-12(4-6-13)16-2-1-9-22(16)18(23)11-24-17-8-7-14(20)10-15(17)21/h3-8,10,16H,1-2,9,11H2. The number of hydrogen-bond acceptors (Lipinski definition) is 2. The van der Waals surface area contributed by atoms with E-state index in [-0.39, 0.29) is 30.1 Å². The average Bonchev–Trinajstić information content (AvgIpc) is 3.04. The third-order valence-corrected chi connectivity index (χ3v) is 4.07. The second kappa shape index (κ2) is 6.95. The molecule has 126 valence electrons. The minimum Gasteiger partial charge on any atom is -0.481 e. The lowest BCUT2D eigenvalue weighted by Crippen LogP contribution is -2.34. The molecule has 3 nitrogen and oxygen atoms in total. The molecule has 0 spiro atoms. The van der Waals surface area contributed by atoms with Crippen molar-refractivity contribution in [1.82, 2.24) is 4.90 Å². The minimum absolute atomic E-state index is 0.139. The lowest BCUT2D eigenvalue weighted by molar-refractivity contribution is -0.134. The Labute approximate surface area is 137 Å². The maximum atomic E-state index is 13.5. The van der Waals surface area contributed by atoms with Gasteiger partial charge in [0.05, 0.1) is 6.04 Å². The number of benzene rings is 2. The SMILES string of the molecule is O=C(COc1ccc(F)cc1F)N1CCCC1c1ccc(F)cc1. The van der Waals surface area contributed by atoms with Crippen molar-refractivity contribution in [2.45, 2.75) is 18.9 Å². The highest BCUT2D eigenvalue weighted by molar-refractivity contribution is 5.78. The van der Waals surface area contributed by atoms with Crippen molar-refractivity contribution in [1.29, 1.82) is 0 Å². The van der Waals surface area contributed by atoms with Crippen LogP contribution in [-0.4, -0.2) is 24.0 Å². The van der Waals surface area contributed by atoms with Crippen molar-refractivity contribution >= 4 is 5.91 Å². The van der Waals surface area contributed by atoms with Crippen molar-refractivity contribution in [3.05, 3.63) is 65.5 Å². The molecule has 0 bridgehead atoms. The number of hydrogen-bond donors (Lipinski definition) is 0. The molecule has 2 aromatic rings. The van der Waals surface area contributed by atoms with E-state index in [2.05, 4.69) is 0 Å². The summed E-state index contributed by atoms with van der Waals surface area (Å²) in [5, 5.41) is 0. The van der Waals surface area contributed by atoms with Gasteiger partial charge >= 0.3 is 0 Å². The number of carbonyl (C=O) groups excluding carboxylic acids is 1. The third-order valence-electron chi connectivity index (χ3n) is 4.07. The van der Waals surface area contributed by atoms with Crippen LogP contribution in [0.4, 0.5) is 13.2 Å². The van der Waals surface area contributed by atoms with Gasteiger partial charge in [-0.15, -0.1) is 0 Å². The van der Waals surface area contributed by atoms with E-state index < -0.39 is 11.6 Å². The van der Waals surface area contributed by atoms with Gasteiger partial charge in [-0.3, -0.25) is 4.79 Å². The predicted octanol–water partition coefficient (Wildman–Crippen LogP) is 3.85. The molecule has 1 atom stereocenters. The first kappa shape index (κ1) is 16.4. The minimum atomic E-state index is -0.848. The summed E-state index contributed by atoms with van der Waals surface area (Å²) < 4.78 is 44.6. The Balaban J connectivity index is 1.66. The van der Waals surface area contributed by atoms with E-state index in [9.17, 15) is 18.0 Å². The summed E-state index contributed by atoms with van der Waals surface area (Å²) >= 11 is 0. The predicted molar refractivity (Wildman–Crippen MR) is 81.9 cm³/mol. The van der Waals surface area contributed by atoms with E-state index in [0.29, 0.717) is 12.6 Å². The van der Waals surface area contributed by atoms with E-state index in [1.807, 2.05) is 0 Å². The number of likely N-dealkylation sites (tertiary alicyclic amines) is 1. The molecule has 1 unspecified atom stereocenters. The molecule has 0 aromatic heterocycles. The van der Waals surface area contributed by atoms with Gasteiger partial charge in [0.2, 0.25) is 0 Å². The zero-order chi connectivity index (χ0) is 17.1. The molecule has 6 heteroatoms. The first-order chi connectivity index (χ1) is 11.5. The summed E-state index contributed by atoms with van der Waals surface area (Å²) in [6.07, 6.45) is 1.61. The van der Waals surface area contributed by atoms with E-state index in [0.717, 1.165) is 30.5 Å². The zero-order valence-corrected chi connectivity index (χ0v) is 12.8. The van der Waals surface area contributed by atoms with Gasteiger partial charge in [0, 0.05) is 12.6 Å². The topological polar surface area (TPSA) is 29.5 Å². The maximum absolute atomic E-state index is 13.5. The zero-order valence-electron chi connectivity index (χ0n) is 12.8. The van der Waals surface area contributed by atoms with Crippen LogP contribution < -0.4 is 4.74 Å². The molecule has 0 N–H and O–H groups in total. The Hall–Kier alpha value is -2.50. The summed E-state index contributed by atoms with van der Waals surface area (Å²) in [6.45, 7) is 0.233. The van der Waals surface area contributed by atoms with E-state index in [1.165, 1.54) is 12.1 Å². The molecule has 0 radical (unpaired) electrons. The molecule has 2 aromatic carbocycles. The fourth-order valence-electron chi connectivity index (χ4n) is 2.91. The van der Waals surface area contributed by atoms with Crippen LogP contribution in [0.2, 0.25) is 0 Å². The smallest absolute Gasteiger partial charge is 0.261 e. The second-order valence-electron chi connectivity index (χ2n) is 5.66. The molecule has 24 heavy (non-hydrogen) atoms. The number of halogens is 3. The molecule has 1 saturated heterocycles. The van der Waals surface area contributed by atoms with Crippen LogP contribution in [0.15, 0.2) is 42.5 Å². The molecular weight excluding hydrogens is 319 g/mol. The third kappa shape index (κ3) is 3.53. The highest BCUT2D eigenvalue weighted by Crippen LogP contribution is 2.32. The number of nitrogens with zero attached hydrogens (tertiary/aromatic N) is 1. The van der Waals surface area contributed by atoms with Crippen LogP contribution in [0, 0.1) is 17.5 Å². The van der Waals surface area contributed by atoms with Gasteiger partial charge < -0.3 is 9.64 Å². The Kier molecular flexibility index (Phi) is 4.74. The van der Waals surface area contributed by atoms with Crippen LogP contribution in [0.25, 0.3) is 0 Å². The summed E-state index contributed by atoms with van der Waals surface area (Å²) in [5.74, 6) is -2.33. The fraction of sp³-hybridized carbons (Fsp3) is 0.278. The van der Waals surface area contributed by atoms with Gasteiger partial charge in [0.15, 0.2) is 18.2 Å². The van der Waals surface area contributed by atoms with Gasteiger partial charge in [0.25, 0.3) is 5.91 Å². The van der Waals surface area contributed by atoms with Gasteiger partial charge in [-0.1, -0.05) is 12.1 Å². The molecule has 1 aliphatic rings. The van der Waals surface area contributed by atoms with Gasteiger partial charge in [-0.2, -0.15) is 0 Å². The molecule has 1 fully saturated rings. The Morgan fingerprint density at radius 2 is 1.79 bits per heavy atom. The van der Waals surface area contributed by atoms with E-state index in [4.69, 9.17) is 4.74 Å². The van der Waals surface area contributed by atoms with Crippen molar-refractivity contribution in [3.8, 4) is 5.75 Å². The molecular formula is C18H16F3NO2. The number of carbonyl (C=O) groups is 1. The van der Waals surface area contributed by atoms with Crippen molar-refractivity contribution in [3.63, 3.8) is 0 Å². The van der Waals surface area contributed by atoms with Crippen LogP contribution in [0.3, 0.4) is 0 Å². The van der Waals surface area contributed by atoms with E-state index in [1.54, 1.807) is 17.0 Å². The highest BCUT2D eigenvalue weighted by atomic mass is 19.1. The largest absolute Gasteiger partial charge is 0.481 e. The Bertz CT molecular complexity index is 734. The van der Waals surface area contributed by atoms with Gasteiger partial charge in [0.1, 0.15) is 11.6 Å². The van der Waals surface area contributed by atoms with Crippen molar-refractivity contribution < 1.29 is 22.7 Å². The monoisotopic (exact) mass is 335 g/mol. The van der Waals surface area contributed by atoms with E-state index >= 15 is 0 Å². The van der Waals surface area contributed by atoms with Crippen LogP contribution in [-0.2, 0) is 4.79 Å². The normalized spacial score (nSPS) is 17.1. The summed E-state index contributed by atoms with van der Waals surface area (Å²) in [6, 6.07) is 8.83. The van der Waals surface area contributed by atoms with Crippen LogP contribution in [0.5, 0.6) is 5.75 Å². The Morgan fingerprint density at radius 1 is 1.08 bits per heavy atom. The summed E-state index contributed by atoms with van der Waals surface area (Å²) in [4.78, 5) is 14.0. The quantitative estimate of drug-likeness (QED) is 0.849.